The molecule has 6 heteroatoms. The molecular formula is C13H12BrF2N3. The van der Waals surface area contributed by atoms with E-state index in [1.807, 2.05) is 19.1 Å². The molecule has 0 amide bonds. The quantitative estimate of drug-likeness (QED) is 0.879. The molecule has 2 rings (SSSR count). The number of para-hydroxylation sites is 1. The van der Waals surface area contributed by atoms with E-state index in [2.05, 4.69) is 31.5 Å². The summed E-state index contributed by atoms with van der Waals surface area (Å²) in [5.74, 6) is -1.45. The van der Waals surface area contributed by atoms with Crippen molar-refractivity contribution in [3.63, 3.8) is 0 Å². The fourth-order valence-electron chi connectivity index (χ4n) is 1.54. The van der Waals surface area contributed by atoms with Gasteiger partial charge in [-0.1, -0.05) is 12.1 Å². The Morgan fingerprint density at radius 3 is 2.53 bits per heavy atom. The normalized spacial score (nSPS) is 10.3. The molecule has 0 spiro atoms. The highest BCUT2D eigenvalue weighted by molar-refractivity contribution is 9.10. The van der Waals surface area contributed by atoms with E-state index >= 15 is 0 Å². The molecule has 0 atom stereocenters. The fourth-order valence-corrected chi connectivity index (χ4v) is 1.92. The molecule has 100 valence electrons. The van der Waals surface area contributed by atoms with Crippen LogP contribution < -0.4 is 10.6 Å². The van der Waals surface area contributed by atoms with Crippen molar-refractivity contribution in [2.75, 3.05) is 17.2 Å². The molecule has 0 aliphatic heterocycles. The van der Waals surface area contributed by atoms with Crippen molar-refractivity contribution in [3.8, 4) is 0 Å². The molecule has 3 nitrogen and oxygen atoms in total. The zero-order valence-electron chi connectivity index (χ0n) is 10.2. The number of nitrogens with one attached hydrogen (secondary N) is 2. The first-order valence-corrected chi connectivity index (χ1v) is 6.52. The Bertz CT molecular complexity index is 590. The van der Waals surface area contributed by atoms with Crippen LogP contribution in [0.3, 0.4) is 0 Å². The number of benzene rings is 1. The van der Waals surface area contributed by atoms with Gasteiger partial charge in [-0.3, -0.25) is 0 Å². The third-order valence-corrected chi connectivity index (χ3v) is 3.09. The number of hydrogen-bond donors (Lipinski definition) is 2. The van der Waals surface area contributed by atoms with Gasteiger partial charge >= 0.3 is 0 Å². The van der Waals surface area contributed by atoms with Crippen LogP contribution in [0, 0.1) is 11.6 Å². The first-order chi connectivity index (χ1) is 9.11. The van der Waals surface area contributed by atoms with Crippen LogP contribution in [0.4, 0.5) is 26.1 Å². The number of hydrogen-bond acceptors (Lipinski definition) is 3. The molecule has 0 unspecified atom stereocenters. The summed E-state index contributed by atoms with van der Waals surface area (Å²) in [5.41, 5.74) is 0.656. The zero-order valence-corrected chi connectivity index (χ0v) is 11.8. The molecular weight excluding hydrogens is 316 g/mol. The van der Waals surface area contributed by atoms with Crippen LogP contribution in [-0.2, 0) is 0 Å². The number of pyridine rings is 1. The zero-order chi connectivity index (χ0) is 13.8. The Labute approximate surface area is 118 Å². The third kappa shape index (κ3) is 3.20. The van der Waals surface area contributed by atoms with Gasteiger partial charge in [0.1, 0.15) is 0 Å². The molecule has 0 fully saturated rings. The Morgan fingerprint density at radius 2 is 1.84 bits per heavy atom. The number of aromatic nitrogens is 1. The summed E-state index contributed by atoms with van der Waals surface area (Å²) in [5, 5.41) is 5.57. The van der Waals surface area contributed by atoms with Gasteiger partial charge in [0.05, 0.1) is 5.69 Å². The second-order valence-corrected chi connectivity index (χ2v) is 4.64. The Balaban J connectivity index is 2.34. The second kappa shape index (κ2) is 5.97. The highest BCUT2D eigenvalue weighted by Crippen LogP contribution is 2.27. The molecule has 0 bridgehead atoms. The average Bonchev–Trinajstić information content (AvgIpc) is 2.38. The fraction of sp³-hybridized carbons (Fsp3) is 0.154. The second-order valence-electron chi connectivity index (χ2n) is 3.78. The van der Waals surface area contributed by atoms with E-state index in [9.17, 15) is 8.78 Å². The van der Waals surface area contributed by atoms with Crippen LogP contribution in [-0.4, -0.2) is 11.5 Å². The van der Waals surface area contributed by atoms with Crippen LogP contribution in [0.2, 0.25) is 0 Å². The highest BCUT2D eigenvalue weighted by atomic mass is 79.9. The van der Waals surface area contributed by atoms with Crippen LogP contribution in [0.5, 0.6) is 0 Å². The van der Waals surface area contributed by atoms with E-state index < -0.39 is 11.6 Å². The van der Waals surface area contributed by atoms with E-state index in [-0.39, 0.29) is 11.6 Å². The molecule has 2 N–H and O–H groups in total. The first kappa shape index (κ1) is 13.7. The number of anilines is 3. The Kier molecular flexibility index (Phi) is 4.31. The minimum absolute atomic E-state index is 0.0238. The lowest BCUT2D eigenvalue weighted by Gasteiger charge is -2.11. The molecule has 0 radical (unpaired) electrons. The van der Waals surface area contributed by atoms with Crippen LogP contribution in [0.1, 0.15) is 6.92 Å². The molecule has 1 aromatic heterocycles. The summed E-state index contributed by atoms with van der Waals surface area (Å²) in [4.78, 5) is 3.90. The van der Waals surface area contributed by atoms with E-state index in [1.165, 1.54) is 0 Å². The van der Waals surface area contributed by atoms with Gasteiger partial charge in [-0.15, -0.1) is 0 Å². The predicted octanol–water partition coefficient (Wildman–Crippen LogP) is 4.30. The van der Waals surface area contributed by atoms with Gasteiger partial charge in [0.2, 0.25) is 0 Å². The lowest BCUT2D eigenvalue weighted by molar-refractivity contribution is 0.579. The van der Waals surface area contributed by atoms with E-state index in [1.54, 1.807) is 12.1 Å². The van der Waals surface area contributed by atoms with E-state index in [0.717, 1.165) is 10.5 Å². The van der Waals surface area contributed by atoms with Gasteiger partial charge in [-0.2, -0.15) is 0 Å². The lowest BCUT2D eigenvalue weighted by Crippen LogP contribution is -2.06. The minimum Gasteiger partial charge on any atom is -0.368 e. The SMILES string of the molecule is CCNc1nc(Nc2ccccc2Br)c(F)cc1F. The minimum atomic E-state index is -0.741. The summed E-state index contributed by atoms with van der Waals surface area (Å²) in [6, 6.07) is 8.04. The van der Waals surface area contributed by atoms with Crippen molar-refractivity contribution in [1.29, 1.82) is 0 Å². The van der Waals surface area contributed by atoms with Crippen molar-refractivity contribution < 1.29 is 8.78 Å². The molecule has 0 saturated heterocycles. The maximum absolute atomic E-state index is 13.7. The molecule has 0 aliphatic rings. The third-order valence-electron chi connectivity index (χ3n) is 2.40. The number of halogens is 3. The van der Waals surface area contributed by atoms with Gasteiger partial charge in [0.15, 0.2) is 23.3 Å². The van der Waals surface area contributed by atoms with E-state index in [0.29, 0.717) is 12.2 Å². The van der Waals surface area contributed by atoms with Crippen LogP contribution in [0.25, 0.3) is 0 Å². The van der Waals surface area contributed by atoms with Crippen LogP contribution >= 0.6 is 15.9 Å². The average molecular weight is 328 g/mol. The molecule has 0 aliphatic carbocycles. The van der Waals surface area contributed by atoms with Gasteiger partial charge < -0.3 is 10.6 Å². The van der Waals surface area contributed by atoms with Gasteiger partial charge in [0, 0.05) is 17.1 Å². The van der Waals surface area contributed by atoms with Crippen molar-refractivity contribution in [1.82, 2.24) is 4.98 Å². The summed E-state index contributed by atoms with van der Waals surface area (Å²) in [6.45, 7) is 2.31. The largest absolute Gasteiger partial charge is 0.368 e. The van der Waals surface area contributed by atoms with Gasteiger partial charge in [0.25, 0.3) is 0 Å². The van der Waals surface area contributed by atoms with Crippen molar-refractivity contribution >= 4 is 33.3 Å². The predicted molar refractivity (Wildman–Crippen MR) is 75.7 cm³/mol. The first-order valence-electron chi connectivity index (χ1n) is 5.73. The molecule has 1 heterocycles. The van der Waals surface area contributed by atoms with E-state index in [4.69, 9.17) is 0 Å². The summed E-state index contributed by atoms with van der Waals surface area (Å²) >= 11 is 3.34. The maximum atomic E-state index is 13.7. The molecule has 2 aromatic rings. The maximum Gasteiger partial charge on any atom is 0.169 e. The Morgan fingerprint density at radius 1 is 1.16 bits per heavy atom. The van der Waals surface area contributed by atoms with Gasteiger partial charge in [-0.25, -0.2) is 13.8 Å². The van der Waals surface area contributed by atoms with Crippen LogP contribution in [0.15, 0.2) is 34.8 Å². The number of rotatable bonds is 4. The smallest absolute Gasteiger partial charge is 0.169 e. The standard InChI is InChI=1S/C13H12BrF2N3/c1-2-17-12-9(15)7-10(16)13(19-12)18-11-6-4-3-5-8(11)14/h3-7H,2H2,1H3,(H2,17,18,19). The summed E-state index contributed by atoms with van der Waals surface area (Å²) in [7, 11) is 0. The highest BCUT2D eigenvalue weighted by Gasteiger charge is 2.12. The number of nitrogens with zero attached hydrogens (tertiary/aromatic N) is 1. The topological polar surface area (TPSA) is 37.0 Å². The summed E-state index contributed by atoms with van der Waals surface area (Å²) < 4.78 is 27.9. The Hall–Kier alpha value is -1.69. The molecule has 19 heavy (non-hydrogen) atoms. The van der Waals surface area contributed by atoms with Crippen molar-refractivity contribution in [2.24, 2.45) is 0 Å². The lowest BCUT2D eigenvalue weighted by atomic mass is 10.3. The van der Waals surface area contributed by atoms with Crippen molar-refractivity contribution in [2.45, 2.75) is 6.92 Å². The van der Waals surface area contributed by atoms with Gasteiger partial charge in [-0.05, 0) is 35.0 Å². The molecule has 1 aromatic carbocycles. The summed E-state index contributed by atoms with van der Waals surface area (Å²) in [6.07, 6.45) is 0. The monoisotopic (exact) mass is 327 g/mol. The van der Waals surface area contributed by atoms with Crippen molar-refractivity contribution in [3.05, 3.63) is 46.4 Å². The molecule has 0 saturated carbocycles.